The molecular formula is C23H27N3O. The normalized spacial score (nSPS) is 27.7. The Morgan fingerprint density at radius 1 is 1.15 bits per heavy atom. The maximum atomic E-state index is 10.8. The van der Waals surface area contributed by atoms with E-state index in [1.54, 1.807) is 0 Å². The van der Waals surface area contributed by atoms with Crippen molar-refractivity contribution < 1.29 is 5.11 Å². The first kappa shape index (κ1) is 18.2. The number of nitrogens with zero attached hydrogens (tertiary/aromatic N) is 3. The van der Waals surface area contributed by atoms with Crippen molar-refractivity contribution in [3.63, 3.8) is 0 Å². The first-order chi connectivity index (χ1) is 13.0. The first-order valence-electron chi connectivity index (χ1n) is 9.66. The summed E-state index contributed by atoms with van der Waals surface area (Å²) in [6.07, 6.45) is 0.400. The van der Waals surface area contributed by atoms with Crippen molar-refractivity contribution in [3.05, 3.63) is 70.3 Å². The zero-order valence-electron chi connectivity index (χ0n) is 16.3. The van der Waals surface area contributed by atoms with E-state index < -0.39 is 0 Å². The lowest BCUT2D eigenvalue weighted by atomic mass is 9.91. The van der Waals surface area contributed by atoms with E-state index in [-0.39, 0.29) is 12.1 Å². The second kappa shape index (κ2) is 7.09. The van der Waals surface area contributed by atoms with Crippen LogP contribution in [0.25, 0.3) is 0 Å². The molecule has 2 unspecified atom stereocenters. The number of hydrogen-bond acceptors (Lipinski definition) is 4. The third-order valence-electron chi connectivity index (χ3n) is 6.34. The maximum Gasteiger partial charge on any atom is 0.0994 e. The van der Waals surface area contributed by atoms with E-state index in [4.69, 9.17) is 0 Å². The zero-order chi connectivity index (χ0) is 19.1. The highest BCUT2D eigenvalue weighted by atomic mass is 16.3. The molecule has 27 heavy (non-hydrogen) atoms. The lowest BCUT2D eigenvalue weighted by Crippen LogP contribution is -2.37. The molecule has 4 rings (SSSR count). The van der Waals surface area contributed by atoms with Crippen LogP contribution in [0.15, 0.2) is 42.5 Å². The standard InChI is InChI=1S/C23H27N3O/c1-15-10-17(8-9-18(15)12-24)20-13-26(14-21(20)25(2)3)23-19-7-5-4-6-16(19)11-22(23)27/h4-10,20-23,27H,11,13-14H2,1-3H3/t20-,21+,22?,23?/m1/s1. The van der Waals surface area contributed by atoms with E-state index >= 15 is 0 Å². The molecular weight excluding hydrogens is 334 g/mol. The molecule has 4 heteroatoms. The van der Waals surface area contributed by atoms with Gasteiger partial charge in [-0.1, -0.05) is 36.4 Å². The number of aliphatic hydroxyl groups excluding tert-OH is 1. The van der Waals surface area contributed by atoms with Crippen molar-refractivity contribution in [2.24, 2.45) is 0 Å². The van der Waals surface area contributed by atoms with Gasteiger partial charge in [-0.05, 0) is 49.3 Å². The van der Waals surface area contributed by atoms with Crippen molar-refractivity contribution in [1.82, 2.24) is 9.80 Å². The number of aryl methyl sites for hydroxylation is 1. The molecule has 2 aromatic carbocycles. The number of likely N-dealkylation sites (tertiary alicyclic amines) is 1. The third-order valence-corrected chi connectivity index (χ3v) is 6.34. The lowest BCUT2D eigenvalue weighted by molar-refractivity contribution is 0.0712. The van der Waals surface area contributed by atoms with Crippen LogP contribution in [0.2, 0.25) is 0 Å². The van der Waals surface area contributed by atoms with Crippen molar-refractivity contribution in [3.8, 4) is 6.07 Å². The van der Waals surface area contributed by atoms with Gasteiger partial charge in [-0.15, -0.1) is 0 Å². The molecule has 0 spiro atoms. The minimum Gasteiger partial charge on any atom is -0.391 e. The van der Waals surface area contributed by atoms with Gasteiger partial charge in [0.25, 0.3) is 0 Å². The van der Waals surface area contributed by atoms with Crippen LogP contribution in [-0.4, -0.2) is 54.2 Å². The molecule has 4 atom stereocenters. The molecule has 0 amide bonds. The Bertz CT molecular complexity index is 885. The van der Waals surface area contributed by atoms with E-state index in [1.807, 2.05) is 13.0 Å². The van der Waals surface area contributed by atoms with Crippen LogP contribution in [-0.2, 0) is 6.42 Å². The SMILES string of the molecule is Cc1cc([C@H]2CN(C3c4ccccc4CC3O)C[C@@H]2N(C)C)ccc1C#N. The number of hydrogen-bond donors (Lipinski definition) is 1. The lowest BCUT2D eigenvalue weighted by Gasteiger charge is -2.28. The molecule has 0 radical (unpaired) electrons. The smallest absolute Gasteiger partial charge is 0.0994 e. The summed E-state index contributed by atoms with van der Waals surface area (Å²) < 4.78 is 0. The Hall–Kier alpha value is -2.19. The van der Waals surface area contributed by atoms with Gasteiger partial charge in [0.1, 0.15) is 0 Å². The highest BCUT2D eigenvalue weighted by Crippen LogP contribution is 2.41. The summed E-state index contributed by atoms with van der Waals surface area (Å²) in [5.41, 5.74) is 5.62. The van der Waals surface area contributed by atoms with Gasteiger partial charge in [0.15, 0.2) is 0 Å². The molecule has 0 aromatic heterocycles. The second-order valence-corrected chi connectivity index (χ2v) is 8.19. The Kier molecular flexibility index (Phi) is 4.77. The number of benzene rings is 2. The minimum absolute atomic E-state index is 0.0770. The molecule has 0 saturated carbocycles. The fraction of sp³-hybridized carbons (Fsp3) is 0.435. The van der Waals surface area contributed by atoms with E-state index in [1.165, 1.54) is 16.7 Å². The van der Waals surface area contributed by atoms with Gasteiger partial charge >= 0.3 is 0 Å². The van der Waals surface area contributed by atoms with E-state index in [2.05, 4.69) is 66.4 Å². The number of aliphatic hydroxyl groups is 1. The van der Waals surface area contributed by atoms with Crippen molar-refractivity contribution >= 4 is 0 Å². The molecule has 2 aromatic rings. The van der Waals surface area contributed by atoms with Crippen molar-refractivity contribution in [2.75, 3.05) is 27.2 Å². The molecule has 1 fully saturated rings. The van der Waals surface area contributed by atoms with Crippen LogP contribution in [0.4, 0.5) is 0 Å². The Morgan fingerprint density at radius 3 is 2.63 bits per heavy atom. The predicted molar refractivity (Wildman–Crippen MR) is 107 cm³/mol. The molecule has 1 N–H and O–H groups in total. The Labute approximate surface area is 161 Å². The quantitative estimate of drug-likeness (QED) is 0.913. The molecule has 1 saturated heterocycles. The van der Waals surface area contributed by atoms with Gasteiger partial charge in [-0.25, -0.2) is 0 Å². The van der Waals surface area contributed by atoms with Crippen LogP contribution >= 0.6 is 0 Å². The van der Waals surface area contributed by atoms with Gasteiger partial charge in [-0.2, -0.15) is 5.26 Å². The van der Waals surface area contributed by atoms with Crippen LogP contribution in [0.1, 0.15) is 39.8 Å². The third kappa shape index (κ3) is 3.17. The van der Waals surface area contributed by atoms with Crippen LogP contribution in [0, 0.1) is 18.3 Å². The number of fused-ring (bicyclic) bond motifs is 1. The highest BCUT2D eigenvalue weighted by molar-refractivity contribution is 5.42. The van der Waals surface area contributed by atoms with Gasteiger partial charge < -0.3 is 10.0 Å². The molecule has 140 valence electrons. The summed E-state index contributed by atoms with van der Waals surface area (Å²) in [6, 6.07) is 17.4. The largest absolute Gasteiger partial charge is 0.391 e. The van der Waals surface area contributed by atoms with Gasteiger partial charge in [0, 0.05) is 31.5 Å². The average molecular weight is 361 g/mol. The Morgan fingerprint density at radius 2 is 1.93 bits per heavy atom. The predicted octanol–water partition coefficient (Wildman–Crippen LogP) is 2.85. The molecule has 1 aliphatic carbocycles. The van der Waals surface area contributed by atoms with Gasteiger partial charge in [-0.3, -0.25) is 4.90 Å². The average Bonchev–Trinajstić information content (AvgIpc) is 3.21. The van der Waals surface area contributed by atoms with Crippen molar-refractivity contribution in [2.45, 2.75) is 37.5 Å². The summed E-state index contributed by atoms with van der Waals surface area (Å²) in [5, 5.41) is 20.0. The van der Waals surface area contributed by atoms with E-state index in [0.717, 1.165) is 30.6 Å². The van der Waals surface area contributed by atoms with Gasteiger partial charge in [0.05, 0.1) is 23.8 Å². The van der Waals surface area contributed by atoms with E-state index in [0.29, 0.717) is 12.0 Å². The Balaban J connectivity index is 1.65. The first-order valence-corrected chi connectivity index (χ1v) is 9.66. The monoisotopic (exact) mass is 361 g/mol. The summed E-state index contributed by atoms with van der Waals surface area (Å²) in [4.78, 5) is 4.75. The van der Waals surface area contributed by atoms with Crippen LogP contribution in [0.3, 0.4) is 0 Å². The van der Waals surface area contributed by atoms with Crippen LogP contribution in [0.5, 0.6) is 0 Å². The van der Waals surface area contributed by atoms with E-state index in [9.17, 15) is 10.4 Å². The molecule has 4 nitrogen and oxygen atoms in total. The topological polar surface area (TPSA) is 50.5 Å². The number of rotatable bonds is 3. The van der Waals surface area contributed by atoms with Crippen LogP contribution < -0.4 is 0 Å². The van der Waals surface area contributed by atoms with Crippen molar-refractivity contribution in [1.29, 1.82) is 5.26 Å². The van der Waals surface area contributed by atoms with Gasteiger partial charge in [0.2, 0.25) is 0 Å². The summed E-state index contributed by atoms with van der Waals surface area (Å²) in [5.74, 6) is 0.367. The fourth-order valence-electron chi connectivity index (χ4n) is 4.93. The molecule has 1 aliphatic heterocycles. The second-order valence-electron chi connectivity index (χ2n) is 8.19. The molecule has 2 aliphatic rings. The molecule has 1 heterocycles. The fourth-order valence-corrected chi connectivity index (χ4v) is 4.93. The number of likely N-dealkylation sites (N-methyl/N-ethyl adjacent to an activating group) is 1. The maximum absolute atomic E-state index is 10.8. The summed E-state index contributed by atoms with van der Waals surface area (Å²) in [7, 11) is 4.27. The highest BCUT2D eigenvalue weighted by Gasteiger charge is 2.43. The number of nitriles is 1. The minimum atomic E-state index is -0.341. The summed E-state index contributed by atoms with van der Waals surface area (Å²) >= 11 is 0. The molecule has 0 bridgehead atoms. The zero-order valence-corrected chi connectivity index (χ0v) is 16.3. The summed E-state index contributed by atoms with van der Waals surface area (Å²) in [6.45, 7) is 3.87.